The van der Waals surface area contributed by atoms with Crippen LogP contribution in [0, 0.1) is 0 Å². The minimum atomic E-state index is -0.522. The Labute approximate surface area is 262 Å². The lowest BCUT2D eigenvalue weighted by molar-refractivity contribution is -0.0144. The number of aromatic amines is 1. The number of hydrogen-bond donors (Lipinski definition) is 2. The molecule has 45 heavy (non-hydrogen) atoms. The smallest absolute Gasteiger partial charge is 0.410 e. The molecule has 2 aromatic heterocycles. The first-order chi connectivity index (χ1) is 21.4. The molecule has 0 aliphatic carbocycles. The minimum Gasteiger partial charge on any atom is -0.457 e. The molecule has 0 unspecified atom stereocenters. The fourth-order valence-electron chi connectivity index (χ4n) is 5.36. The van der Waals surface area contributed by atoms with Crippen molar-refractivity contribution in [1.29, 1.82) is 0 Å². The summed E-state index contributed by atoms with van der Waals surface area (Å²) in [5, 5.41) is 0.759. The SMILES string of the molecule is CN(CCOC1CCN(C(=O)OC(C)(C)C)CC1)C(=O)c1cccc(Oc2ccc(N)cc2-c2cn(C)c(=O)c3[nH]ccc23)c1. The molecule has 11 nitrogen and oxygen atoms in total. The van der Waals surface area contributed by atoms with Gasteiger partial charge in [0.05, 0.1) is 12.7 Å². The number of amides is 2. The maximum atomic E-state index is 13.3. The highest BCUT2D eigenvalue weighted by Crippen LogP contribution is 2.38. The summed E-state index contributed by atoms with van der Waals surface area (Å²) in [7, 11) is 3.44. The van der Waals surface area contributed by atoms with Crippen molar-refractivity contribution in [3.8, 4) is 22.6 Å². The second-order valence-electron chi connectivity index (χ2n) is 12.4. The third-order valence-corrected chi connectivity index (χ3v) is 7.72. The van der Waals surface area contributed by atoms with Crippen LogP contribution in [0.1, 0.15) is 44.0 Å². The second kappa shape index (κ2) is 13.1. The zero-order valence-electron chi connectivity index (χ0n) is 26.5. The summed E-state index contributed by atoms with van der Waals surface area (Å²) >= 11 is 0. The summed E-state index contributed by atoms with van der Waals surface area (Å²) in [6, 6.07) is 14.2. The van der Waals surface area contributed by atoms with Crippen molar-refractivity contribution in [2.45, 2.75) is 45.3 Å². The van der Waals surface area contributed by atoms with Crippen LogP contribution in [0.15, 0.2) is 65.7 Å². The Balaban J connectivity index is 1.21. The standard InChI is InChI=1S/C34H41N5O6/c1-34(2,3)45-33(42)39-15-12-24(13-16-39)43-18-17-37(4)31(40)22-7-6-8-25(19-22)44-29-10-9-23(35)20-27(29)28-21-38(5)32(41)30-26(28)11-14-36-30/h6-11,14,19-21,24,36H,12-13,15-18,35H2,1-5H3. The van der Waals surface area contributed by atoms with E-state index in [0.29, 0.717) is 54.5 Å². The zero-order chi connectivity index (χ0) is 32.3. The van der Waals surface area contributed by atoms with E-state index in [9.17, 15) is 14.4 Å². The van der Waals surface area contributed by atoms with Crippen LogP contribution < -0.4 is 16.0 Å². The molecular weight excluding hydrogens is 574 g/mol. The van der Waals surface area contributed by atoms with E-state index < -0.39 is 5.60 Å². The van der Waals surface area contributed by atoms with Gasteiger partial charge in [-0.3, -0.25) is 9.59 Å². The molecule has 3 heterocycles. The number of hydrogen-bond acceptors (Lipinski definition) is 7. The molecule has 0 bridgehead atoms. The Morgan fingerprint density at radius 1 is 1.07 bits per heavy atom. The van der Waals surface area contributed by atoms with Gasteiger partial charge in [0.2, 0.25) is 0 Å². The number of nitrogens with two attached hydrogens (primary N) is 1. The predicted molar refractivity (Wildman–Crippen MR) is 174 cm³/mol. The Hall–Kier alpha value is -4.77. The van der Waals surface area contributed by atoms with Crippen molar-refractivity contribution in [3.05, 3.63) is 76.8 Å². The fourth-order valence-corrected chi connectivity index (χ4v) is 5.36. The summed E-state index contributed by atoms with van der Waals surface area (Å²) in [5.41, 5.74) is 8.54. The van der Waals surface area contributed by atoms with E-state index in [2.05, 4.69) is 4.98 Å². The lowest BCUT2D eigenvalue weighted by Gasteiger charge is -2.33. The van der Waals surface area contributed by atoms with Crippen molar-refractivity contribution in [2.75, 3.05) is 39.0 Å². The molecule has 5 rings (SSSR count). The number of nitrogens with one attached hydrogen (secondary N) is 1. The minimum absolute atomic E-state index is 0.0255. The number of piperidine rings is 1. The summed E-state index contributed by atoms with van der Waals surface area (Å²) in [6.45, 7) is 7.53. The largest absolute Gasteiger partial charge is 0.457 e. The van der Waals surface area contributed by atoms with Crippen molar-refractivity contribution in [3.63, 3.8) is 0 Å². The molecule has 2 amide bonds. The number of likely N-dealkylation sites (tertiary alicyclic amines) is 1. The number of carbonyl (C=O) groups is 2. The van der Waals surface area contributed by atoms with Crippen molar-refractivity contribution < 1.29 is 23.8 Å². The number of nitrogens with zero attached hydrogens (tertiary/aromatic N) is 3. The van der Waals surface area contributed by atoms with Gasteiger partial charge >= 0.3 is 6.09 Å². The molecule has 1 aliphatic rings. The average molecular weight is 616 g/mol. The third-order valence-electron chi connectivity index (χ3n) is 7.72. The number of rotatable bonds is 8. The number of aromatic nitrogens is 2. The topological polar surface area (TPSA) is 132 Å². The maximum absolute atomic E-state index is 13.3. The molecule has 1 aliphatic heterocycles. The number of anilines is 1. The molecule has 4 aromatic rings. The van der Waals surface area contributed by atoms with Gasteiger partial charge in [0.25, 0.3) is 11.5 Å². The van der Waals surface area contributed by atoms with E-state index in [-0.39, 0.29) is 23.7 Å². The summed E-state index contributed by atoms with van der Waals surface area (Å²) < 4.78 is 19.3. The van der Waals surface area contributed by atoms with E-state index in [0.717, 1.165) is 29.4 Å². The highest BCUT2D eigenvalue weighted by atomic mass is 16.6. The maximum Gasteiger partial charge on any atom is 0.410 e. The van der Waals surface area contributed by atoms with Gasteiger partial charge in [0.1, 0.15) is 22.6 Å². The van der Waals surface area contributed by atoms with Gasteiger partial charge in [-0.2, -0.15) is 0 Å². The number of nitrogen functional groups attached to an aromatic ring is 1. The molecule has 1 fully saturated rings. The van der Waals surface area contributed by atoms with Crippen LogP contribution in [0.5, 0.6) is 11.5 Å². The number of fused-ring (bicyclic) bond motifs is 1. The number of aryl methyl sites for hydroxylation is 1. The van der Waals surface area contributed by atoms with Crippen molar-refractivity contribution in [2.24, 2.45) is 7.05 Å². The number of H-pyrrole nitrogens is 1. The van der Waals surface area contributed by atoms with Gasteiger partial charge in [-0.25, -0.2) is 4.79 Å². The van der Waals surface area contributed by atoms with Crippen LogP contribution in [0.3, 0.4) is 0 Å². The van der Waals surface area contributed by atoms with Gasteiger partial charge in [-0.1, -0.05) is 6.07 Å². The summed E-state index contributed by atoms with van der Waals surface area (Å²) in [5.74, 6) is 0.867. The van der Waals surface area contributed by atoms with Gasteiger partial charge in [0, 0.05) is 73.9 Å². The van der Waals surface area contributed by atoms with Crippen LogP contribution in [-0.2, 0) is 16.5 Å². The zero-order valence-corrected chi connectivity index (χ0v) is 26.5. The lowest BCUT2D eigenvalue weighted by atomic mass is 10.0. The molecule has 3 N–H and O–H groups in total. The molecular formula is C34H41N5O6. The van der Waals surface area contributed by atoms with Crippen LogP contribution in [0.2, 0.25) is 0 Å². The van der Waals surface area contributed by atoms with Crippen molar-refractivity contribution in [1.82, 2.24) is 19.4 Å². The average Bonchev–Trinajstić information content (AvgIpc) is 3.50. The van der Waals surface area contributed by atoms with Gasteiger partial charge in [0.15, 0.2) is 0 Å². The van der Waals surface area contributed by atoms with Gasteiger partial charge < -0.3 is 39.3 Å². The first-order valence-electron chi connectivity index (χ1n) is 15.1. The third kappa shape index (κ3) is 7.49. The molecule has 0 spiro atoms. The highest BCUT2D eigenvalue weighted by molar-refractivity contribution is 5.97. The molecule has 2 aromatic carbocycles. The number of likely N-dealkylation sites (N-methyl/N-ethyl adjacent to an activating group) is 1. The molecule has 238 valence electrons. The van der Waals surface area contributed by atoms with E-state index in [1.807, 2.05) is 32.9 Å². The van der Waals surface area contributed by atoms with Crippen LogP contribution in [-0.4, -0.2) is 76.3 Å². The van der Waals surface area contributed by atoms with Crippen molar-refractivity contribution >= 4 is 28.6 Å². The van der Waals surface area contributed by atoms with E-state index in [1.165, 1.54) is 4.57 Å². The lowest BCUT2D eigenvalue weighted by Crippen LogP contribution is -2.43. The fraction of sp³-hybridized carbons (Fsp3) is 0.382. The van der Waals surface area contributed by atoms with E-state index >= 15 is 0 Å². The van der Waals surface area contributed by atoms with Gasteiger partial charge in [-0.15, -0.1) is 0 Å². The molecule has 0 atom stereocenters. The Morgan fingerprint density at radius 3 is 2.56 bits per heavy atom. The van der Waals surface area contributed by atoms with Crippen LogP contribution in [0.25, 0.3) is 22.0 Å². The highest BCUT2D eigenvalue weighted by Gasteiger charge is 2.27. The Morgan fingerprint density at radius 2 is 1.82 bits per heavy atom. The van der Waals surface area contributed by atoms with Crippen LogP contribution >= 0.6 is 0 Å². The number of benzene rings is 2. The normalized spacial score (nSPS) is 14.0. The van der Waals surface area contributed by atoms with E-state index in [4.69, 9.17) is 19.9 Å². The summed E-state index contributed by atoms with van der Waals surface area (Å²) in [4.78, 5) is 44.6. The first-order valence-corrected chi connectivity index (χ1v) is 15.1. The molecule has 11 heteroatoms. The second-order valence-corrected chi connectivity index (χ2v) is 12.4. The number of pyridine rings is 1. The number of ether oxygens (including phenoxy) is 3. The molecule has 0 saturated carbocycles. The molecule has 0 radical (unpaired) electrons. The Kier molecular flexibility index (Phi) is 9.19. The first kappa shape index (κ1) is 31.6. The van der Waals surface area contributed by atoms with Gasteiger partial charge in [-0.05, 0) is 76.1 Å². The van der Waals surface area contributed by atoms with E-state index in [1.54, 1.807) is 72.7 Å². The summed E-state index contributed by atoms with van der Waals surface area (Å²) in [6.07, 6.45) is 4.67. The quantitative estimate of drug-likeness (QED) is 0.254. The van der Waals surface area contributed by atoms with Crippen LogP contribution in [0.4, 0.5) is 10.5 Å². The number of carbonyl (C=O) groups excluding carboxylic acids is 2. The monoisotopic (exact) mass is 615 g/mol. The predicted octanol–water partition coefficient (Wildman–Crippen LogP) is 5.40. The Bertz CT molecular complexity index is 1750. The molecule has 1 saturated heterocycles.